The molecular weight excluding hydrogens is 319 g/mol. The molecule has 4 nitrogen and oxygen atoms in total. The van der Waals surface area contributed by atoms with Gasteiger partial charge in [-0.3, -0.25) is 0 Å². The molecule has 7 heteroatoms. The van der Waals surface area contributed by atoms with Crippen LogP contribution >= 0.6 is 24.0 Å². The predicted molar refractivity (Wildman–Crippen MR) is 84.3 cm³/mol. The Morgan fingerprint density at radius 3 is 2.85 bits per heavy atom. The second-order valence-corrected chi connectivity index (χ2v) is 7.06. The van der Waals surface area contributed by atoms with E-state index in [0.29, 0.717) is 23.2 Å². The van der Waals surface area contributed by atoms with E-state index in [1.165, 1.54) is 12.5 Å². The molecule has 1 heterocycles. The van der Waals surface area contributed by atoms with Crippen molar-refractivity contribution in [3.8, 4) is 0 Å². The smallest absolute Gasteiger partial charge is 0.240 e. The minimum Gasteiger partial charge on any atom is -0.314 e. The van der Waals surface area contributed by atoms with Crippen LogP contribution in [0.2, 0.25) is 5.02 Å². The van der Waals surface area contributed by atoms with E-state index in [-0.39, 0.29) is 17.3 Å². The summed E-state index contributed by atoms with van der Waals surface area (Å²) in [6, 6.07) is 5.34. The molecule has 0 aliphatic carbocycles. The first kappa shape index (κ1) is 17.7. The van der Waals surface area contributed by atoms with Crippen molar-refractivity contribution < 1.29 is 8.42 Å². The first-order valence-corrected chi connectivity index (χ1v) is 8.34. The largest absolute Gasteiger partial charge is 0.314 e. The van der Waals surface area contributed by atoms with Crippen LogP contribution in [-0.4, -0.2) is 27.5 Å². The third kappa shape index (κ3) is 4.60. The maximum atomic E-state index is 12.2. The first-order chi connectivity index (χ1) is 8.99. The summed E-state index contributed by atoms with van der Waals surface area (Å²) >= 11 is 5.86. The Morgan fingerprint density at radius 1 is 1.45 bits per heavy atom. The molecule has 0 unspecified atom stereocenters. The lowest BCUT2D eigenvalue weighted by molar-refractivity contribution is 0.539. The molecule has 0 radical (unpaired) electrons. The molecule has 20 heavy (non-hydrogen) atoms. The number of hydrogen-bond donors (Lipinski definition) is 2. The van der Waals surface area contributed by atoms with E-state index in [9.17, 15) is 8.42 Å². The summed E-state index contributed by atoms with van der Waals surface area (Å²) in [7, 11) is -3.47. The number of nitrogens with one attached hydrogen (secondary N) is 2. The maximum Gasteiger partial charge on any atom is 0.240 e. The molecule has 1 aliphatic rings. The molecule has 1 fully saturated rings. The first-order valence-electron chi connectivity index (χ1n) is 6.48. The van der Waals surface area contributed by atoms with Crippen molar-refractivity contribution in [2.45, 2.75) is 37.1 Å². The van der Waals surface area contributed by atoms with Crippen molar-refractivity contribution >= 4 is 34.0 Å². The van der Waals surface area contributed by atoms with E-state index in [4.69, 9.17) is 11.6 Å². The minimum atomic E-state index is -3.47. The van der Waals surface area contributed by atoms with Gasteiger partial charge in [0.15, 0.2) is 0 Å². The standard InChI is InChI=1S/C13H19ClN2O2S.ClH/c1-10-4-5-11(14)9-13(10)19(17,18)16-8-6-12-3-2-7-15-12;/h4-5,9,12,15-16H,2-3,6-8H2,1H3;1H/t12-;/m1./s1. The van der Waals surface area contributed by atoms with Crippen molar-refractivity contribution in [1.82, 2.24) is 10.0 Å². The Labute approximate surface area is 131 Å². The minimum absolute atomic E-state index is 0. The van der Waals surface area contributed by atoms with Crippen LogP contribution in [0, 0.1) is 6.92 Å². The summed E-state index contributed by atoms with van der Waals surface area (Å²) < 4.78 is 27.0. The fourth-order valence-corrected chi connectivity index (χ4v) is 3.86. The third-order valence-corrected chi connectivity index (χ3v) is 5.23. The molecule has 1 saturated heterocycles. The van der Waals surface area contributed by atoms with E-state index >= 15 is 0 Å². The Kier molecular flexibility index (Phi) is 6.75. The van der Waals surface area contributed by atoms with Gasteiger partial charge >= 0.3 is 0 Å². The van der Waals surface area contributed by atoms with Crippen molar-refractivity contribution in [1.29, 1.82) is 0 Å². The fraction of sp³-hybridized carbons (Fsp3) is 0.538. The Hall–Kier alpha value is -0.330. The van der Waals surface area contributed by atoms with Crippen LogP contribution in [-0.2, 0) is 10.0 Å². The molecule has 0 amide bonds. The van der Waals surface area contributed by atoms with Gasteiger partial charge in [0.1, 0.15) is 0 Å². The molecule has 1 atom stereocenters. The lowest BCUT2D eigenvalue weighted by Crippen LogP contribution is -2.31. The van der Waals surface area contributed by atoms with Crippen molar-refractivity contribution in [2.75, 3.05) is 13.1 Å². The highest BCUT2D eigenvalue weighted by atomic mass is 35.5. The van der Waals surface area contributed by atoms with Crippen LogP contribution in [0.25, 0.3) is 0 Å². The van der Waals surface area contributed by atoms with Gasteiger partial charge in [-0.2, -0.15) is 0 Å². The number of sulfonamides is 1. The molecule has 0 saturated carbocycles. The SMILES string of the molecule is Cc1ccc(Cl)cc1S(=O)(=O)NCC[C@H]1CCCN1.Cl. The summed E-state index contributed by atoms with van der Waals surface area (Å²) in [6.07, 6.45) is 3.11. The van der Waals surface area contributed by atoms with Crippen LogP contribution in [0.1, 0.15) is 24.8 Å². The number of halogens is 2. The van der Waals surface area contributed by atoms with Gasteiger partial charge in [0.25, 0.3) is 0 Å². The van der Waals surface area contributed by atoms with Crippen LogP contribution in [0.5, 0.6) is 0 Å². The molecule has 0 aromatic heterocycles. The summed E-state index contributed by atoms with van der Waals surface area (Å²) in [5.74, 6) is 0. The molecule has 114 valence electrons. The van der Waals surface area contributed by atoms with E-state index in [0.717, 1.165) is 19.4 Å². The zero-order valence-electron chi connectivity index (χ0n) is 11.4. The van der Waals surface area contributed by atoms with E-state index in [1.54, 1.807) is 19.1 Å². The highest BCUT2D eigenvalue weighted by molar-refractivity contribution is 7.89. The van der Waals surface area contributed by atoms with Gasteiger partial charge in [-0.25, -0.2) is 13.1 Å². The lowest BCUT2D eigenvalue weighted by atomic mass is 10.2. The van der Waals surface area contributed by atoms with E-state index in [1.807, 2.05) is 0 Å². The van der Waals surface area contributed by atoms with Crippen LogP contribution in [0.15, 0.2) is 23.1 Å². The molecule has 1 aromatic rings. The number of hydrogen-bond acceptors (Lipinski definition) is 3. The monoisotopic (exact) mass is 338 g/mol. The maximum absolute atomic E-state index is 12.2. The zero-order chi connectivity index (χ0) is 13.9. The molecule has 2 N–H and O–H groups in total. The number of rotatable bonds is 5. The van der Waals surface area contributed by atoms with Crippen molar-refractivity contribution in [3.63, 3.8) is 0 Å². The summed E-state index contributed by atoms with van der Waals surface area (Å²) in [5.41, 5.74) is 0.705. The third-order valence-electron chi connectivity index (χ3n) is 3.39. The van der Waals surface area contributed by atoms with E-state index < -0.39 is 10.0 Å². The Balaban J connectivity index is 0.00000200. The molecule has 1 aliphatic heterocycles. The fourth-order valence-electron chi connectivity index (χ4n) is 2.31. The number of benzene rings is 1. The highest BCUT2D eigenvalue weighted by Crippen LogP contribution is 2.20. The number of aryl methyl sites for hydroxylation is 1. The second kappa shape index (κ2) is 7.61. The summed E-state index contributed by atoms with van der Waals surface area (Å²) in [4.78, 5) is 0.263. The summed E-state index contributed by atoms with van der Waals surface area (Å²) in [6.45, 7) is 3.25. The van der Waals surface area contributed by atoms with Crippen LogP contribution in [0.3, 0.4) is 0 Å². The highest BCUT2D eigenvalue weighted by Gasteiger charge is 2.19. The van der Waals surface area contributed by atoms with Crippen molar-refractivity contribution in [3.05, 3.63) is 28.8 Å². The lowest BCUT2D eigenvalue weighted by Gasteiger charge is -2.12. The Bertz CT molecular complexity index is 543. The molecule has 2 rings (SSSR count). The van der Waals surface area contributed by atoms with Crippen molar-refractivity contribution in [2.24, 2.45) is 0 Å². The van der Waals surface area contributed by atoms with Crippen LogP contribution in [0.4, 0.5) is 0 Å². The van der Waals surface area contributed by atoms with Gasteiger partial charge < -0.3 is 5.32 Å². The summed E-state index contributed by atoms with van der Waals surface area (Å²) in [5, 5.41) is 3.78. The van der Waals surface area contributed by atoms with Gasteiger partial charge in [-0.05, 0) is 50.4 Å². The topological polar surface area (TPSA) is 58.2 Å². The van der Waals surface area contributed by atoms with Gasteiger partial charge in [0, 0.05) is 17.6 Å². The van der Waals surface area contributed by atoms with Crippen LogP contribution < -0.4 is 10.0 Å². The predicted octanol–water partition coefficient (Wildman–Crippen LogP) is 2.49. The molecule has 1 aromatic carbocycles. The zero-order valence-corrected chi connectivity index (χ0v) is 13.7. The van der Waals surface area contributed by atoms with E-state index in [2.05, 4.69) is 10.0 Å². The van der Waals surface area contributed by atoms with Gasteiger partial charge in [-0.1, -0.05) is 17.7 Å². The molecular formula is C13H20Cl2N2O2S. The van der Waals surface area contributed by atoms with Gasteiger partial charge in [-0.15, -0.1) is 12.4 Å². The van der Waals surface area contributed by atoms with Gasteiger partial charge in [0.2, 0.25) is 10.0 Å². The average molecular weight is 339 g/mol. The van der Waals surface area contributed by atoms with Gasteiger partial charge in [0.05, 0.1) is 4.90 Å². The Morgan fingerprint density at radius 2 is 2.20 bits per heavy atom. The normalized spacial score (nSPS) is 18.8. The quantitative estimate of drug-likeness (QED) is 0.867. The second-order valence-electron chi connectivity index (χ2n) is 4.89. The molecule has 0 bridgehead atoms. The average Bonchev–Trinajstić information content (AvgIpc) is 2.85. The molecule has 0 spiro atoms.